The molecule has 2 aromatic carbocycles. The molecule has 1 unspecified atom stereocenters. The fraction of sp³-hybridized carbons (Fsp3) is 0.345. The van der Waals surface area contributed by atoms with Gasteiger partial charge in [0.25, 0.3) is 0 Å². The van der Waals surface area contributed by atoms with Gasteiger partial charge in [-0.2, -0.15) is 5.26 Å². The van der Waals surface area contributed by atoms with Crippen molar-refractivity contribution in [1.29, 1.82) is 5.26 Å². The van der Waals surface area contributed by atoms with Crippen molar-refractivity contribution in [3.05, 3.63) is 66.1 Å². The molecule has 8 heteroatoms. The highest BCUT2D eigenvalue weighted by atomic mass is 19.1. The zero-order valence-electron chi connectivity index (χ0n) is 21.0. The van der Waals surface area contributed by atoms with Crippen LogP contribution in [0, 0.1) is 17.1 Å². The van der Waals surface area contributed by atoms with Crippen molar-refractivity contribution in [3.8, 4) is 23.1 Å². The maximum Gasteiger partial charge on any atom is 0.167 e. The highest BCUT2D eigenvalue weighted by Gasteiger charge is 2.25. The number of hydrogen-bond donors (Lipinski definition) is 1. The lowest BCUT2D eigenvalue weighted by molar-refractivity contribution is 0.450. The van der Waals surface area contributed by atoms with Crippen molar-refractivity contribution in [3.63, 3.8) is 0 Å². The van der Waals surface area contributed by atoms with Crippen LogP contribution in [0.3, 0.4) is 0 Å². The summed E-state index contributed by atoms with van der Waals surface area (Å²) in [6, 6.07) is 17.5. The van der Waals surface area contributed by atoms with Gasteiger partial charge in [-0.1, -0.05) is 0 Å². The van der Waals surface area contributed by atoms with Gasteiger partial charge in [0.2, 0.25) is 0 Å². The van der Waals surface area contributed by atoms with Gasteiger partial charge in [-0.15, -0.1) is 0 Å². The smallest absolute Gasteiger partial charge is 0.167 e. The van der Waals surface area contributed by atoms with Crippen LogP contribution in [0.25, 0.3) is 28.2 Å². The van der Waals surface area contributed by atoms with E-state index in [2.05, 4.69) is 39.4 Å². The number of pyridine rings is 1. The maximum atomic E-state index is 14.7. The Morgan fingerprint density at radius 1 is 0.973 bits per heavy atom. The highest BCUT2D eigenvalue weighted by Crippen LogP contribution is 2.34. The third-order valence-electron chi connectivity index (χ3n) is 7.62. The second-order valence-corrected chi connectivity index (χ2v) is 9.86. The van der Waals surface area contributed by atoms with Gasteiger partial charge in [-0.25, -0.2) is 14.4 Å². The lowest BCUT2D eigenvalue weighted by Crippen LogP contribution is -2.44. The Balaban J connectivity index is 1.51. The fourth-order valence-electron chi connectivity index (χ4n) is 5.62. The van der Waals surface area contributed by atoms with Gasteiger partial charge in [-0.05, 0) is 81.3 Å². The Hall–Kier alpha value is -3.96. The molecule has 2 aromatic heterocycles. The molecule has 2 saturated heterocycles. The Morgan fingerprint density at radius 2 is 1.73 bits per heavy atom. The third-order valence-corrected chi connectivity index (χ3v) is 7.62. The number of aromatic nitrogens is 3. The number of imidazole rings is 1. The van der Waals surface area contributed by atoms with Crippen LogP contribution < -0.4 is 15.1 Å². The van der Waals surface area contributed by atoms with E-state index in [1.165, 1.54) is 30.7 Å². The van der Waals surface area contributed by atoms with E-state index in [1.54, 1.807) is 6.07 Å². The molecule has 1 N–H and O–H groups in total. The predicted molar refractivity (Wildman–Crippen MR) is 145 cm³/mol. The summed E-state index contributed by atoms with van der Waals surface area (Å²) in [4.78, 5) is 14.6. The summed E-state index contributed by atoms with van der Waals surface area (Å²) in [5.74, 6) is 0.0542. The topological polar surface area (TPSA) is 73.0 Å². The lowest BCUT2D eigenvalue weighted by Gasteiger charge is -2.34. The van der Waals surface area contributed by atoms with Gasteiger partial charge in [0, 0.05) is 55.4 Å². The van der Waals surface area contributed by atoms with Crippen LogP contribution in [0.4, 0.5) is 15.8 Å². The number of likely N-dealkylation sites (N-methyl/N-ethyl adjacent to an activating group) is 1. The van der Waals surface area contributed by atoms with E-state index in [1.807, 2.05) is 29.9 Å². The van der Waals surface area contributed by atoms with Crippen molar-refractivity contribution in [1.82, 2.24) is 19.9 Å². The summed E-state index contributed by atoms with van der Waals surface area (Å²) in [7, 11) is 2.01. The standard InChI is InChI=1S/C29H30FN7/c1-32-22-5-4-16-36(19-22)26-12-13-33-29-27(26)34-28(20-6-7-21(18-31)25(30)17-20)37(29)24-10-8-23(9-11-24)35-14-2-3-15-35/h6-13,17,22,32H,2-5,14-16,19H2,1H3. The molecule has 0 spiro atoms. The van der Waals surface area contributed by atoms with Crippen LogP contribution in [-0.2, 0) is 0 Å². The molecule has 2 fully saturated rings. The van der Waals surface area contributed by atoms with Crippen LogP contribution in [0.1, 0.15) is 31.2 Å². The monoisotopic (exact) mass is 495 g/mol. The first-order valence-electron chi connectivity index (χ1n) is 13.0. The molecule has 4 heterocycles. The van der Waals surface area contributed by atoms with Crippen LogP contribution in [-0.4, -0.2) is 53.8 Å². The summed E-state index contributed by atoms with van der Waals surface area (Å²) in [6.45, 7) is 4.01. The van der Waals surface area contributed by atoms with Gasteiger partial charge in [0.15, 0.2) is 5.65 Å². The fourth-order valence-corrected chi connectivity index (χ4v) is 5.62. The average Bonchev–Trinajstić information content (AvgIpc) is 3.62. The van der Waals surface area contributed by atoms with E-state index >= 15 is 0 Å². The Labute approximate surface area is 216 Å². The van der Waals surface area contributed by atoms with E-state index in [0.717, 1.165) is 61.6 Å². The molecule has 6 rings (SSSR count). The van der Waals surface area contributed by atoms with Gasteiger partial charge >= 0.3 is 0 Å². The number of halogens is 1. The summed E-state index contributed by atoms with van der Waals surface area (Å²) < 4.78 is 16.7. The number of hydrogen-bond acceptors (Lipinski definition) is 6. The quantitative estimate of drug-likeness (QED) is 0.425. The molecule has 2 aliphatic rings. The minimum atomic E-state index is -0.552. The Bertz CT molecular complexity index is 1460. The molecular weight excluding hydrogens is 465 g/mol. The molecule has 188 valence electrons. The molecule has 0 saturated carbocycles. The van der Waals surface area contributed by atoms with Crippen molar-refractivity contribution < 1.29 is 4.39 Å². The van der Waals surface area contributed by atoms with Gasteiger partial charge in [-0.3, -0.25) is 4.57 Å². The minimum Gasteiger partial charge on any atom is -0.372 e. The molecule has 0 aliphatic carbocycles. The van der Waals surface area contributed by atoms with Gasteiger partial charge in [0.1, 0.15) is 23.2 Å². The van der Waals surface area contributed by atoms with Gasteiger partial charge < -0.3 is 15.1 Å². The number of benzene rings is 2. The summed E-state index contributed by atoms with van der Waals surface area (Å²) in [5.41, 5.74) is 5.31. The van der Waals surface area contributed by atoms with E-state index in [4.69, 9.17) is 9.97 Å². The van der Waals surface area contributed by atoms with E-state index < -0.39 is 5.82 Å². The molecule has 4 aromatic rings. The first-order valence-corrected chi connectivity index (χ1v) is 13.0. The predicted octanol–water partition coefficient (Wildman–Crippen LogP) is 4.89. The molecular formula is C29H30FN7. The molecule has 0 radical (unpaired) electrons. The van der Waals surface area contributed by atoms with Crippen LogP contribution in [0.5, 0.6) is 0 Å². The lowest BCUT2D eigenvalue weighted by atomic mass is 10.1. The molecule has 2 aliphatic heterocycles. The zero-order chi connectivity index (χ0) is 25.4. The number of rotatable bonds is 5. The number of anilines is 2. The number of nitrogens with one attached hydrogen (secondary N) is 1. The first kappa shape index (κ1) is 23.4. The second-order valence-electron chi connectivity index (χ2n) is 9.86. The van der Waals surface area contributed by atoms with Crippen LogP contribution in [0.2, 0.25) is 0 Å². The normalized spacial score (nSPS) is 17.9. The third kappa shape index (κ3) is 4.30. The number of nitriles is 1. The SMILES string of the molecule is CNC1CCCN(c2ccnc3c2nc(-c2ccc(C#N)c(F)c2)n3-c2ccc(N3CCCC3)cc2)C1. The molecule has 37 heavy (non-hydrogen) atoms. The first-order chi connectivity index (χ1) is 18.2. The second kappa shape index (κ2) is 9.83. The Kier molecular flexibility index (Phi) is 6.23. The van der Waals surface area contributed by atoms with Crippen molar-refractivity contribution in [2.75, 3.05) is 43.0 Å². The summed E-state index contributed by atoms with van der Waals surface area (Å²) in [6.07, 6.45) is 6.52. The Morgan fingerprint density at radius 3 is 2.46 bits per heavy atom. The van der Waals surface area contributed by atoms with Gasteiger partial charge in [0.05, 0.1) is 11.3 Å². The van der Waals surface area contributed by atoms with E-state index in [-0.39, 0.29) is 5.56 Å². The number of fused-ring (bicyclic) bond motifs is 1. The summed E-state index contributed by atoms with van der Waals surface area (Å²) in [5, 5.41) is 12.6. The van der Waals surface area contributed by atoms with Crippen LogP contribution >= 0.6 is 0 Å². The van der Waals surface area contributed by atoms with E-state index in [0.29, 0.717) is 17.4 Å². The molecule has 0 amide bonds. The number of nitrogens with zero attached hydrogens (tertiary/aromatic N) is 6. The minimum absolute atomic E-state index is 0.0200. The maximum absolute atomic E-state index is 14.7. The van der Waals surface area contributed by atoms with Crippen molar-refractivity contribution in [2.24, 2.45) is 0 Å². The molecule has 7 nitrogen and oxygen atoms in total. The zero-order valence-corrected chi connectivity index (χ0v) is 21.0. The molecule has 0 bridgehead atoms. The van der Waals surface area contributed by atoms with E-state index in [9.17, 15) is 9.65 Å². The van der Waals surface area contributed by atoms with Crippen molar-refractivity contribution in [2.45, 2.75) is 31.7 Å². The largest absolute Gasteiger partial charge is 0.372 e. The average molecular weight is 496 g/mol. The highest BCUT2D eigenvalue weighted by molar-refractivity contribution is 5.90. The van der Waals surface area contributed by atoms with Crippen molar-refractivity contribution >= 4 is 22.5 Å². The molecule has 1 atom stereocenters. The number of piperidine rings is 1. The summed E-state index contributed by atoms with van der Waals surface area (Å²) >= 11 is 0. The van der Waals surface area contributed by atoms with Crippen LogP contribution in [0.15, 0.2) is 54.7 Å².